The van der Waals surface area contributed by atoms with E-state index >= 15 is 0 Å². The Hall–Kier alpha value is -1.08. The SMILES string of the molecule is Brc1cccc2c1C[C@@H]2c1ccccc1. The van der Waals surface area contributed by atoms with Crippen molar-refractivity contribution in [2.75, 3.05) is 0 Å². The van der Waals surface area contributed by atoms with Gasteiger partial charge in [-0.1, -0.05) is 58.4 Å². The standard InChI is InChI=1S/C14H11Br/c15-14-8-4-7-11-12(9-13(11)14)10-5-2-1-3-6-10/h1-8,12H,9H2/t12-/m1/s1. The Labute approximate surface area is 98.1 Å². The van der Waals surface area contributed by atoms with Crippen molar-refractivity contribution in [2.24, 2.45) is 0 Å². The van der Waals surface area contributed by atoms with Crippen LogP contribution in [0.1, 0.15) is 22.6 Å². The molecule has 0 N–H and O–H groups in total. The van der Waals surface area contributed by atoms with Crippen LogP contribution in [-0.4, -0.2) is 0 Å². The maximum atomic E-state index is 3.60. The molecule has 0 spiro atoms. The van der Waals surface area contributed by atoms with Crippen molar-refractivity contribution in [3.05, 3.63) is 69.7 Å². The summed E-state index contributed by atoms with van der Waals surface area (Å²) in [6, 6.07) is 17.2. The topological polar surface area (TPSA) is 0 Å². The van der Waals surface area contributed by atoms with Crippen LogP contribution in [0.3, 0.4) is 0 Å². The number of rotatable bonds is 1. The number of hydrogen-bond acceptors (Lipinski definition) is 0. The maximum absolute atomic E-state index is 3.60. The molecule has 1 heteroatoms. The molecular formula is C14H11Br. The molecule has 1 aliphatic carbocycles. The molecule has 0 heterocycles. The lowest BCUT2D eigenvalue weighted by atomic mass is 9.74. The number of benzene rings is 2. The highest BCUT2D eigenvalue weighted by molar-refractivity contribution is 9.10. The first-order valence-corrected chi connectivity index (χ1v) is 5.98. The van der Waals surface area contributed by atoms with Gasteiger partial charge in [0.1, 0.15) is 0 Å². The zero-order valence-electron chi connectivity index (χ0n) is 8.28. The minimum Gasteiger partial charge on any atom is -0.0622 e. The van der Waals surface area contributed by atoms with Gasteiger partial charge in [0, 0.05) is 10.4 Å². The van der Waals surface area contributed by atoms with Crippen LogP contribution in [0, 0.1) is 0 Å². The lowest BCUT2D eigenvalue weighted by molar-refractivity contribution is 0.703. The second kappa shape index (κ2) is 3.49. The fraction of sp³-hybridized carbons (Fsp3) is 0.143. The van der Waals surface area contributed by atoms with Gasteiger partial charge in [-0.3, -0.25) is 0 Å². The van der Waals surface area contributed by atoms with Gasteiger partial charge in [0.15, 0.2) is 0 Å². The van der Waals surface area contributed by atoms with Crippen molar-refractivity contribution in [3.63, 3.8) is 0 Å². The molecule has 0 saturated heterocycles. The van der Waals surface area contributed by atoms with Crippen molar-refractivity contribution in [1.82, 2.24) is 0 Å². The lowest BCUT2D eigenvalue weighted by Crippen LogP contribution is -2.18. The van der Waals surface area contributed by atoms with E-state index in [2.05, 4.69) is 64.5 Å². The second-order valence-electron chi connectivity index (χ2n) is 3.98. The van der Waals surface area contributed by atoms with Crippen LogP contribution in [-0.2, 0) is 6.42 Å². The van der Waals surface area contributed by atoms with Crippen molar-refractivity contribution >= 4 is 15.9 Å². The van der Waals surface area contributed by atoms with Crippen molar-refractivity contribution in [3.8, 4) is 0 Å². The van der Waals surface area contributed by atoms with E-state index in [1.807, 2.05) is 0 Å². The van der Waals surface area contributed by atoms with Gasteiger partial charge >= 0.3 is 0 Å². The van der Waals surface area contributed by atoms with E-state index in [0.717, 1.165) is 0 Å². The Kier molecular flexibility index (Phi) is 2.14. The Balaban J connectivity index is 2.02. The van der Waals surface area contributed by atoms with Crippen molar-refractivity contribution < 1.29 is 0 Å². The van der Waals surface area contributed by atoms with Crippen molar-refractivity contribution in [1.29, 1.82) is 0 Å². The summed E-state index contributed by atoms with van der Waals surface area (Å²) >= 11 is 3.60. The zero-order chi connectivity index (χ0) is 10.3. The van der Waals surface area contributed by atoms with Crippen LogP contribution in [0.4, 0.5) is 0 Å². The zero-order valence-corrected chi connectivity index (χ0v) is 9.87. The minimum atomic E-state index is 0.610. The highest BCUT2D eigenvalue weighted by atomic mass is 79.9. The molecule has 2 aromatic carbocycles. The highest BCUT2D eigenvalue weighted by Crippen LogP contribution is 2.43. The van der Waals surface area contributed by atoms with Crippen LogP contribution in [0.2, 0.25) is 0 Å². The van der Waals surface area contributed by atoms with E-state index < -0.39 is 0 Å². The molecule has 0 unspecified atom stereocenters. The van der Waals surface area contributed by atoms with Gasteiger partial charge in [-0.15, -0.1) is 0 Å². The number of hydrogen-bond donors (Lipinski definition) is 0. The number of fused-ring (bicyclic) bond motifs is 1. The van der Waals surface area contributed by atoms with E-state index in [1.165, 1.54) is 27.6 Å². The molecule has 0 amide bonds. The van der Waals surface area contributed by atoms with E-state index in [-0.39, 0.29) is 0 Å². The normalized spacial score (nSPS) is 18.1. The van der Waals surface area contributed by atoms with Crippen LogP contribution in [0.5, 0.6) is 0 Å². The average Bonchev–Trinajstić information content (AvgIpc) is 2.23. The first-order chi connectivity index (χ1) is 7.36. The van der Waals surface area contributed by atoms with Gasteiger partial charge in [-0.05, 0) is 29.2 Å². The fourth-order valence-corrected chi connectivity index (χ4v) is 2.83. The average molecular weight is 259 g/mol. The molecule has 1 aliphatic rings. The molecule has 0 aliphatic heterocycles. The summed E-state index contributed by atoms with van der Waals surface area (Å²) in [5.41, 5.74) is 4.39. The van der Waals surface area contributed by atoms with E-state index in [9.17, 15) is 0 Å². The monoisotopic (exact) mass is 258 g/mol. The van der Waals surface area contributed by atoms with Gasteiger partial charge in [0.25, 0.3) is 0 Å². The van der Waals surface area contributed by atoms with Gasteiger partial charge in [0.2, 0.25) is 0 Å². The third-order valence-corrected chi connectivity index (χ3v) is 3.88. The fourth-order valence-electron chi connectivity index (χ4n) is 2.28. The van der Waals surface area contributed by atoms with Crippen LogP contribution in [0.15, 0.2) is 53.0 Å². The van der Waals surface area contributed by atoms with Gasteiger partial charge in [0.05, 0.1) is 0 Å². The minimum absolute atomic E-state index is 0.610. The van der Waals surface area contributed by atoms with Crippen LogP contribution in [0.25, 0.3) is 0 Å². The maximum Gasteiger partial charge on any atom is 0.0210 e. The Morgan fingerprint density at radius 2 is 1.73 bits per heavy atom. The second-order valence-corrected chi connectivity index (χ2v) is 4.83. The molecular weight excluding hydrogens is 248 g/mol. The van der Waals surface area contributed by atoms with Crippen LogP contribution < -0.4 is 0 Å². The molecule has 0 radical (unpaired) electrons. The van der Waals surface area contributed by atoms with Crippen molar-refractivity contribution in [2.45, 2.75) is 12.3 Å². The molecule has 0 fully saturated rings. The summed E-state index contributed by atoms with van der Waals surface area (Å²) in [6.45, 7) is 0. The smallest absolute Gasteiger partial charge is 0.0210 e. The predicted molar refractivity (Wildman–Crippen MR) is 66.1 cm³/mol. The molecule has 0 bridgehead atoms. The quantitative estimate of drug-likeness (QED) is 0.722. The largest absolute Gasteiger partial charge is 0.0622 e. The summed E-state index contributed by atoms with van der Waals surface area (Å²) in [6.07, 6.45) is 1.17. The molecule has 15 heavy (non-hydrogen) atoms. The molecule has 0 nitrogen and oxygen atoms in total. The molecule has 0 saturated carbocycles. The van der Waals surface area contributed by atoms with E-state index in [1.54, 1.807) is 0 Å². The Morgan fingerprint density at radius 3 is 2.53 bits per heavy atom. The Morgan fingerprint density at radius 1 is 0.933 bits per heavy atom. The number of halogens is 1. The molecule has 0 aromatic heterocycles. The third kappa shape index (κ3) is 1.42. The molecule has 3 rings (SSSR count). The molecule has 2 aromatic rings. The highest BCUT2D eigenvalue weighted by Gasteiger charge is 2.28. The first-order valence-electron chi connectivity index (χ1n) is 5.18. The summed E-state index contributed by atoms with van der Waals surface area (Å²) in [4.78, 5) is 0. The van der Waals surface area contributed by atoms with E-state index in [0.29, 0.717) is 5.92 Å². The van der Waals surface area contributed by atoms with Gasteiger partial charge < -0.3 is 0 Å². The Bertz CT molecular complexity index is 488. The summed E-state index contributed by atoms with van der Waals surface area (Å²) in [5.74, 6) is 0.610. The molecule has 74 valence electrons. The predicted octanol–water partition coefficient (Wildman–Crippen LogP) is 4.14. The third-order valence-electron chi connectivity index (χ3n) is 3.14. The first kappa shape index (κ1) is 9.17. The summed E-state index contributed by atoms with van der Waals surface area (Å²) < 4.78 is 1.26. The van der Waals surface area contributed by atoms with Gasteiger partial charge in [-0.2, -0.15) is 0 Å². The van der Waals surface area contributed by atoms with Crippen LogP contribution >= 0.6 is 15.9 Å². The lowest BCUT2D eigenvalue weighted by Gasteiger charge is -2.31. The molecule has 1 atom stereocenters. The van der Waals surface area contributed by atoms with E-state index in [4.69, 9.17) is 0 Å². The summed E-state index contributed by atoms with van der Waals surface area (Å²) in [7, 11) is 0. The van der Waals surface area contributed by atoms with Gasteiger partial charge in [-0.25, -0.2) is 0 Å². The summed E-state index contributed by atoms with van der Waals surface area (Å²) in [5, 5.41) is 0.